The Morgan fingerprint density at radius 3 is 3.00 bits per heavy atom. The van der Waals surface area contributed by atoms with Crippen LogP contribution in [0.25, 0.3) is 11.1 Å². The predicted molar refractivity (Wildman–Crippen MR) is 97.5 cm³/mol. The van der Waals surface area contributed by atoms with Crippen LogP contribution in [0.3, 0.4) is 0 Å². The molecule has 2 heterocycles. The number of H-pyrrole nitrogens is 1. The molecule has 1 fully saturated rings. The number of aromatic nitrogens is 2. The average Bonchev–Trinajstić information content (AvgIpc) is 3.29. The molecule has 0 spiro atoms. The minimum Gasteiger partial charge on any atom is -0.484 e. The average molecular weight is 342 g/mol. The summed E-state index contributed by atoms with van der Waals surface area (Å²) < 4.78 is 5.75. The van der Waals surface area contributed by atoms with Crippen LogP contribution in [0.5, 0.6) is 5.75 Å². The van der Waals surface area contributed by atoms with E-state index >= 15 is 0 Å². The lowest BCUT2D eigenvalue weighted by atomic mass is 10.1. The number of hydrogen-bond donors (Lipinski definition) is 2. The molecule has 1 amide bonds. The van der Waals surface area contributed by atoms with Gasteiger partial charge in [-0.15, -0.1) is 0 Å². The Labute approximate surface area is 148 Å². The maximum atomic E-state index is 12.5. The van der Waals surface area contributed by atoms with Crippen LogP contribution < -0.4 is 10.1 Å². The second kappa shape index (κ2) is 8.16. The number of aryl methyl sites for hydroxylation is 1. The Balaban J connectivity index is 1.58. The summed E-state index contributed by atoms with van der Waals surface area (Å²) in [6.45, 7) is 6.56. The molecule has 1 aliphatic rings. The van der Waals surface area contributed by atoms with Gasteiger partial charge >= 0.3 is 0 Å². The number of ether oxygens (including phenoxy) is 1. The van der Waals surface area contributed by atoms with Gasteiger partial charge in [0, 0.05) is 30.4 Å². The Morgan fingerprint density at radius 2 is 2.32 bits per heavy atom. The minimum atomic E-state index is 0.0288. The highest BCUT2D eigenvalue weighted by Crippen LogP contribution is 2.25. The van der Waals surface area contributed by atoms with Crippen LogP contribution in [0.1, 0.15) is 25.5 Å². The van der Waals surface area contributed by atoms with Crippen molar-refractivity contribution in [2.24, 2.45) is 0 Å². The van der Waals surface area contributed by atoms with E-state index in [-0.39, 0.29) is 12.5 Å². The largest absolute Gasteiger partial charge is 0.484 e. The molecule has 25 heavy (non-hydrogen) atoms. The number of likely N-dealkylation sites (N-methyl/N-ethyl adjacent to an activating group) is 1. The second-order valence-electron chi connectivity index (χ2n) is 6.45. The van der Waals surface area contributed by atoms with Crippen LogP contribution in [0.15, 0.2) is 30.5 Å². The molecule has 0 bridgehead atoms. The minimum absolute atomic E-state index is 0.0288. The lowest BCUT2D eigenvalue weighted by molar-refractivity contribution is -0.133. The van der Waals surface area contributed by atoms with E-state index in [1.165, 1.54) is 6.42 Å². The van der Waals surface area contributed by atoms with Gasteiger partial charge in [0.2, 0.25) is 0 Å². The van der Waals surface area contributed by atoms with E-state index in [1.807, 2.05) is 43.0 Å². The number of rotatable bonds is 7. The van der Waals surface area contributed by atoms with Crippen LogP contribution >= 0.6 is 0 Å². The van der Waals surface area contributed by atoms with Crippen LogP contribution in [0, 0.1) is 6.92 Å². The fraction of sp³-hybridized carbons (Fsp3) is 0.474. The molecule has 1 saturated heterocycles. The fourth-order valence-electron chi connectivity index (χ4n) is 3.22. The van der Waals surface area contributed by atoms with E-state index in [9.17, 15) is 4.79 Å². The zero-order valence-electron chi connectivity index (χ0n) is 14.9. The number of amides is 1. The summed E-state index contributed by atoms with van der Waals surface area (Å²) in [7, 11) is 0. The maximum Gasteiger partial charge on any atom is 0.260 e. The zero-order valence-corrected chi connectivity index (χ0v) is 14.9. The topological polar surface area (TPSA) is 70.2 Å². The number of nitrogens with one attached hydrogen (secondary N) is 2. The molecule has 0 saturated carbocycles. The molecule has 2 aromatic rings. The van der Waals surface area contributed by atoms with Gasteiger partial charge in [-0.3, -0.25) is 9.89 Å². The summed E-state index contributed by atoms with van der Waals surface area (Å²) in [5.74, 6) is 0.725. The third-order valence-corrected chi connectivity index (χ3v) is 4.67. The van der Waals surface area contributed by atoms with Gasteiger partial charge in [-0.25, -0.2) is 0 Å². The molecule has 6 nitrogen and oxygen atoms in total. The molecule has 1 aromatic heterocycles. The molecule has 0 aliphatic carbocycles. The standard InChI is InChI=1S/C19H26N4O2/c1-3-23(12-16-7-5-9-20-16)19(24)13-25-17-8-4-6-15(10-17)18-11-21-22-14(18)2/h4,6,8,10-11,16,20H,3,5,7,9,12-13H2,1-2H3,(H,21,22)/t16-/m1/s1. The summed E-state index contributed by atoms with van der Waals surface area (Å²) in [4.78, 5) is 14.3. The van der Waals surface area contributed by atoms with Crippen molar-refractivity contribution < 1.29 is 9.53 Å². The van der Waals surface area contributed by atoms with Gasteiger partial charge in [-0.2, -0.15) is 5.10 Å². The molecule has 134 valence electrons. The van der Waals surface area contributed by atoms with Gasteiger partial charge in [-0.1, -0.05) is 12.1 Å². The molecular formula is C19H26N4O2. The van der Waals surface area contributed by atoms with Crippen molar-refractivity contribution >= 4 is 5.91 Å². The van der Waals surface area contributed by atoms with Gasteiger partial charge in [0.25, 0.3) is 5.91 Å². The lowest BCUT2D eigenvalue weighted by Gasteiger charge is -2.24. The molecule has 1 atom stereocenters. The van der Waals surface area contributed by atoms with Crippen LogP contribution in [-0.2, 0) is 4.79 Å². The quantitative estimate of drug-likeness (QED) is 0.810. The van der Waals surface area contributed by atoms with E-state index < -0.39 is 0 Å². The van der Waals surface area contributed by atoms with Crippen molar-refractivity contribution in [2.75, 3.05) is 26.2 Å². The zero-order chi connectivity index (χ0) is 17.6. The normalized spacial score (nSPS) is 16.8. The molecule has 2 N–H and O–H groups in total. The number of carbonyl (C=O) groups is 1. The molecule has 1 aromatic carbocycles. The van der Waals surface area contributed by atoms with Crippen molar-refractivity contribution in [1.82, 2.24) is 20.4 Å². The summed E-state index contributed by atoms with van der Waals surface area (Å²) in [5, 5.41) is 10.4. The molecular weight excluding hydrogens is 316 g/mol. The van der Waals surface area contributed by atoms with Crippen LogP contribution in [-0.4, -0.2) is 53.3 Å². The Bertz CT molecular complexity index is 707. The Kier molecular flexibility index (Phi) is 5.71. The number of aromatic amines is 1. The monoisotopic (exact) mass is 342 g/mol. The number of nitrogens with zero attached hydrogens (tertiary/aromatic N) is 2. The molecule has 0 unspecified atom stereocenters. The van der Waals surface area contributed by atoms with Crippen molar-refractivity contribution in [3.8, 4) is 16.9 Å². The van der Waals surface area contributed by atoms with E-state index in [1.54, 1.807) is 6.20 Å². The molecule has 0 radical (unpaired) electrons. The van der Waals surface area contributed by atoms with Gasteiger partial charge in [-0.05, 0) is 50.9 Å². The van der Waals surface area contributed by atoms with Gasteiger partial charge < -0.3 is 15.0 Å². The number of hydrogen-bond acceptors (Lipinski definition) is 4. The van der Waals surface area contributed by atoms with Gasteiger partial charge in [0.15, 0.2) is 6.61 Å². The first kappa shape index (κ1) is 17.5. The second-order valence-corrected chi connectivity index (χ2v) is 6.45. The summed E-state index contributed by atoms with van der Waals surface area (Å²) in [6, 6.07) is 8.18. The summed E-state index contributed by atoms with van der Waals surface area (Å²) >= 11 is 0. The first-order valence-corrected chi connectivity index (χ1v) is 8.91. The van der Waals surface area contributed by atoms with Gasteiger partial charge in [0.05, 0.1) is 6.20 Å². The van der Waals surface area contributed by atoms with Gasteiger partial charge in [0.1, 0.15) is 5.75 Å². The van der Waals surface area contributed by atoms with E-state index in [0.29, 0.717) is 18.3 Å². The third kappa shape index (κ3) is 4.39. The van der Waals surface area contributed by atoms with E-state index in [4.69, 9.17) is 4.74 Å². The first-order chi connectivity index (χ1) is 12.2. The van der Waals surface area contributed by atoms with E-state index in [0.717, 1.165) is 36.3 Å². The smallest absolute Gasteiger partial charge is 0.260 e. The van der Waals surface area contributed by atoms with Crippen LogP contribution in [0.4, 0.5) is 0 Å². The van der Waals surface area contributed by atoms with Crippen molar-refractivity contribution in [2.45, 2.75) is 32.7 Å². The third-order valence-electron chi connectivity index (χ3n) is 4.67. The number of carbonyl (C=O) groups excluding carboxylic acids is 1. The highest BCUT2D eigenvalue weighted by atomic mass is 16.5. The first-order valence-electron chi connectivity index (χ1n) is 8.91. The highest BCUT2D eigenvalue weighted by molar-refractivity contribution is 5.78. The van der Waals surface area contributed by atoms with Crippen LogP contribution in [0.2, 0.25) is 0 Å². The Morgan fingerprint density at radius 1 is 1.44 bits per heavy atom. The highest BCUT2D eigenvalue weighted by Gasteiger charge is 2.20. The SMILES string of the molecule is CCN(C[C@H]1CCCN1)C(=O)COc1cccc(-c2cn[nH]c2C)c1. The molecule has 3 rings (SSSR count). The fourth-order valence-corrected chi connectivity index (χ4v) is 3.22. The summed E-state index contributed by atoms with van der Waals surface area (Å²) in [5.41, 5.74) is 3.08. The van der Waals surface area contributed by atoms with Crippen molar-refractivity contribution in [3.63, 3.8) is 0 Å². The predicted octanol–water partition coefficient (Wildman–Crippen LogP) is 2.36. The number of benzene rings is 1. The maximum absolute atomic E-state index is 12.5. The van der Waals surface area contributed by atoms with E-state index in [2.05, 4.69) is 15.5 Å². The summed E-state index contributed by atoms with van der Waals surface area (Å²) in [6.07, 6.45) is 4.12. The Hall–Kier alpha value is -2.34. The van der Waals surface area contributed by atoms with Crippen molar-refractivity contribution in [1.29, 1.82) is 0 Å². The molecule has 1 aliphatic heterocycles. The van der Waals surface area contributed by atoms with Crippen molar-refractivity contribution in [3.05, 3.63) is 36.2 Å². The lowest BCUT2D eigenvalue weighted by Crippen LogP contribution is -2.42. The molecule has 6 heteroatoms.